The van der Waals surface area contributed by atoms with Crippen molar-refractivity contribution in [1.29, 1.82) is 0 Å². The Hall–Kier alpha value is -2.63. The highest BCUT2D eigenvalue weighted by molar-refractivity contribution is 5.98. The van der Waals surface area contributed by atoms with Crippen molar-refractivity contribution in [3.63, 3.8) is 0 Å². The molecular weight excluding hydrogens is 426 g/mol. The summed E-state index contributed by atoms with van der Waals surface area (Å²) in [5, 5.41) is 2.96. The summed E-state index contributed by atoms with van der Waals surface area (Å²) < 4.78 is 4.81. The molecule has 1 heterocycles. The van der Waals surface area contributed by atoms with E-state index in [4.69, 9.17) is 4.74 Å². The predicted molar refractivity (Wildman–Crippen MR) is 139 cm³/mol. The number of hydrogen-bond donors (Lipinski definition) is 2. The molecule has 0 fully saturated rings. The van der Waals surface area contributed by atoms with Crippen molar-refractivity contribution in [2.24, 2.45) is 0 Å². The van der Waals surface area contributed by atoms with E-state index < -0.39 is 5.97 Å². The largest absolute Gasteiger partial charge is 0.465 e. The molecule has 0 saturated carbocycles. The second kappa shape index (κ2) is 16.9. The molecule has 0 aliphatic carbocycles. The van der Waals surface area contributed by atoms with Crippen LogP contribution in [0, 0.1) is 0 Å². The molecular formula is C28H43N3O3. The Kier molecular flexibility index (Phi) is 13.7. The molecule has 0 saturated heterocycles. The van der Waals surface area contributed by atoms with Crippen LogP contribution in [0.5, 0.6) is 0 Å². The zero-order valence-electron chi connectivity index (χ0n) is 21.2. The lowest BCUT2D eigenvalue weighted by Crippen LogP contribution is -2.13. The van der Waals surface area contributed by atoms with Crippen LogP contribution in [0.2, 0.25) is 0 Å². The first-order chi connectivity index (χ1) is 16.7. The van der Waals surface area contributed by atoms with Gasteiger partial charge in [-0.2, -0.15) is 0 Å². The Morgan fingerprint density at radius 2 is 1.47 bits per heavy atom. The van der Waals surface area contributed by atoms with Gasteiger partial charge in [-0.15, -0.1) is 0 Å². The van der Waals surface area contributed by atoms with Crippen LogP contribution >= 0.6 is 0 Å². The van der Waals surface area contributed by atoms with Gasteiger partial charge in [-0.25, -0.2) is 9.78 Å². The number of nitrogens with zero attached hydrogens (tertiary/aromatic N) is 1. The zero-order chi connectivity index (χ0) is 24.4. The average molecular weight is 470 g/mol. The molecule has 2 N–H and O–H groups in total. The van der Waals surface area contributed by atoms with Gasteiger partial charge in [0.15, 0.2) is 0 Å². The van der Waals surface area contributed by atoms with Crippen LogP contribution in [0.3, 0.4) is 0 Å². The number of unbranched alkanes of at least 4 members (excludes halogenated alkanes) is 13. The average Bonchev–Trinajstić information content (AvgIpc) is 3.38. The van der Waals surface area contributed by atoms with Gasteiger partial charge in [0, 0.05) is 24.4 Å². The molecule has 6 nitrogen and oxygen atoms in total. The molecule has 188 valence electrons. The molecule has 1 amide bonds. The Bertz CT molecular complexity index is 833. The third-order valence-electron chi connectivity index (χ3n) is 6.23. The van der Waals surface area contributed by atoms with Crippen LogP contribution in [-0.4, -0.2) is 29.0 Å². The Morgan fingerprint density at radius 3 is 2.00 bits per heavy atom. The van der Waals surface area contributed by atoms with E-state index in [-0.39, 0.29) is 5.91 Å². The number of carbonyl (C=O) groups excluding carboxylic acids is 2. The van der Waals surface area contributed by atoms with Crippen LogP contribution in [0.15, 0.2) is 30.6 Å². The molecule has 0 radical (unpaired) electrons. The lowest BCUT2D eigenvalue weighted by Gasteiger charge is -2.11. The molecule has 0 aliphatic rings. The summed E-state index contributed by atoms with van der Waals surface area (Å²) in [4.78, 5) is 31.8. The number of aromatic amines is 1. The maximum Gasteiger partial charge on any atom is 0.337 e. The number of benzene rings is 1. The number of hydrogen-bond acceptors (Lipinski definition) is 4. The number of methoxy groups -OCH3 is 1. The molecule has 0 atom stereocenters. The first-order valence-electron chi connectivity index (χ1n) is 13.2. The maximum absolute atomic E-state index is 12.5. The van der Waals surface area contributed by atoms with Crippen LogP contribution < -0.4 is 5.32 Å². The number of imidazole rings is 1. The van der Waals surface area contributed by atoms with Crippen LogP contribution in [-0.2, 0) is 9.53 Å². The Labute approximate surface area is 205 Å². The van der Waals surface area contributed by atoms with Crippen LogP contribution in [0.4, 0.5) is 5.69 Å². The molecule has 2 rings (SSSR count). The van der Waals surface area contributed by atoms with Crippen molar-refractivity contribution in [2.75, 3.05) is 12.4 Å². The van der Waals surface area contributed by atoms with Gasteiger partial charge in [0.25, 0.3) is 0 Å². The van der Waals surface area contributed by atoms with Crippen molar-refractivity contribution in [2.45, 2.75) is 103 Å². The SMILES string of the molecule is CCCCCCCCCCCCCCCCC(=O)Nc1cc(C(=O)OC)ccc1-c1ncc[nH]1. The van der Waals surface area contributed by atoms with Crippen molar-refractivity contribution >= 4 is 17.6 Å². The molecule has 0 spiro atoms. The fourth-order valence-corrected chi connectivity index (χ4v) is 4.20. The first kappa shape index (κ1) is 27.6. The van der Waals surface area contributed by atoms with Crippen LogP contribution in [0.25, 0.3) is 11.4 Å². The van der Waals surface area contributed by atoms with E-state index in [2.05, 4.69) is 22.2 Å². The van der Waals surface area contributed by atoms with Gasteiger partial charge in [-0.1, -0.05) is 90.4 Å². The Balaban J connectivity index is 1.62. The summed E-state index contributed by atoms with van der Waals surface area (Å²) in [5.74, 6) is 0.158. The number of ether oxygens (including phenoxy) is 1. The maximum atomic E-state index is 12.5. The highest BCUT2D eigenvalue weighted by Gasteiger charge is 2.14. The minimum Gasteiger partial charge on any atom is -0.465 e. The number of carbonyl (C=O) groups is 2. The third kappa shape index (κ3) is 10.5. The Morgan fingerprint density at radius 1 is 0.882 bits per heavy atom. The summed E-state index contributed by atoms with van der Waals surface area (Å²) in [7, 11) is 1.34. The molecule has 0 aliphatic heterocycles. The highest BCUT2D eigenvalue weighted by atomic mass is 16.5. The van der Waals surface area contributed by atoms with Gasteiger partial charge in [0.1, 0.15) is 5.82 Å². The van der Waals surface area contributed by atoms with Gasteiger partial charge in [-0.05, 0) is 24.6 Å². The van der Waals surface area contributed by atoms with Gasteiger partial charge in [-0.3, -0.25) is 4.79 Å². The number of aromatic nitrogens is 2. The first-order valence-corrected chi connectivity index (χ1v) is 13.2. The summed E-state index contributed by atoms with van der Waals surface area (Å²) >= 11 is 0. The van der Waals surface area contributed by atoms with E-state index in [9.17, 15) is 9.59 Å². The summed E-state index contributed by atoms with van der Waals surface area (Å²) in [5.41, 5.74) is 1.70. The van der Waals surface area contributed by atoms with Gasteiger partial charge in [0.2, 0.25) is 5.91 Å². The van der Waals surface area contributed by atoms with E-state index in [1.807, 2.05) is 0 Å². The van der Waals surface area contributed by atoms with E-state index in [0.29, 0.717) is 23.5 Å². The van der Waals surface area contributed by atoms with Gasteiger partial charge in [0.05, 0.1) is 18.4 Å². The predicted octanol–water partition coefficient (Wildman–Crippen LogP) is 7.67. The summed E-state index contributed by atoms with van der Waals surface area (Å²) in [6, 6.07) is 5.09. The minimum atomic E-state index is -0.437. The highest BCUT2D eigenvalue weighted by Crippen LogP contribution is 2.27. The lowest BCUT2D eigenvalue weighted by molar-refractivity contribution is -0.116. The van der Waals surface area contributed by atoms with E-state index in [1.54, 1.807) is 30.6 Å². The second-order valence-corrected chi connectivity index (χ2v) is 9.08. The standard InChI is InChI=1S/C28H43N3O3/c1-3-4-5-6-7-8-9-10-11-12-13-14-15-16-17-26(32)31-25-22-23(28(33)34-2)18-19-24(25)27-29-20-21-30-27/h18-22H,3-17H2,1-2H3,(H,29,30)(H,31,32). The van der Waals surface area contributed by atoms with Crippen molar-refractivity contribution in [1.82, 2.24) is 9.97 Å². The normalized spacial score (nSPS) is 10.9. The number of H-pyrrole nitrogens is 1. The molecule has 1 aromatic carbocycles. The van der Waals surface area contributed by atoms with Gasteiger partial charge < -0.3 is 15.0 Å². The van der Waals surface area contributed by atoms with Crippen molar-refractivity contribution in [3.05, 3.63) is 36.2 Å². The monoisotopic (exact) mass is 469 g/mol. The number of amides is 1. The third-order valence-corrected chi connectivity index (χ3v) is 6.23. The number of anilines is 1. The molecule has 0 unspecified atom stereocenters. The van der Waals surface area contributed by atoms with E-state index >= 15 is 0 Å². The fourth-order valence-electron chi connectivity index (χ4n) is 4.20. The second-order valence-electron chi connectivity index (χ2n) is 9.08. The van der Waals surface area contributed by atoms with Gasteiger partial charge >= 0.3 is 5.97 Å². The fraction of sp³-hybridized carbons (Fsp3) is 0.607. The number of esters is 1. The quantitative estimate of drug-likeness (QED) is 0.173. The number of nitrogens with one attached hydrogen (secondary N) is 2. The van der Waals surface area contributed by atoms with E-state index in [1.165, 1.54) is 84.2 Å². The van der Waals surface area contributed by atoms with Crippen molar-refractivity contribution in [3.8, 4) is 11.4 Å². The van der Waals surface area contributed by atoms with E-state index in [0.717, 1.165) is 18.4 Å². The van der Waals surface area contributed by atoms with Crippen molar-refractivity contribution < 1.29 is 14.3 Å². The zero-order valence-corrected chi connectivity index (χ0v) is 21.2. The molecule has 2 aromatic rings. The smallest absolute Gasteiger partial charge is 0.337 e. The summed E-state index contributed by atoms with van der Waals surface area (Å²) in [6.45, 7) is 2.26. The summed E-state index contributed by atoms with van der Waals surface area (Å²) in [6.07, 6.45) is 21.9. The molecule has 1 aromatic heterocycles. The topological polar surface area (TPSA) is 84.1 Å². The van der Waals surface area contributed by atoms with Crippen LogP contribution in [0.1, 0.15) is 114 Å². The number of rotatable bonds is 18. The molecule has 6 heteroatoms. The lowest BCUT2D eigenvalue weighted by atomic mass is 10.0. The minimum absolute atomic E-state index is 0.0474. The molecule has 34 heavy (non-hydrogen) atoms. The molecule has 0 bridgehead atoms.